The third-order valence-corrected chi connectivity index (χ3v) is 6.13. The minimum Gasteiger partial charge on any atom is -0.462 e. The highest BCUT2D eigenvalue weighted by molar-refractivity contribution is 7.91. The van der Waals surface area contributed by atoms with E-state index >= 15 is 0 Å². The summed E-state index contributed by atoms with van der Waals surface area (Å²) in [5.41, 5.74) is 3.91. The highest BCUT2D eigenvalue weighted by Crippen LogP contribution is 2.40. The molecule has 1 heterocycles. The predicted molar refractivity (Wildman–Crippen MR) is 98.1 cm³/mol. The van der Waals surface area contributed by atoms with Crippen LogP contribution in [-0.4, -0.2) is 31.0 Å². The lowest BCUT2D eigenvalue weighted by Crippen LogP contribution is -2.12. The summed E-state index contributed by atoms with van der Waals surface area (Å²) in [6.07, 6.45) is 2.90. The molecule has 0 unspecified atom stereocenters. The third kappa shape index (κ3) is 2.90. The maximum Gasteiger partial charge on any atom is 0.341 e. The summed E-state index contributed by atoms with van der Waals surface area (Å²) in [5, 5.41) is -0.333. The highest BCUT2D eigenvalue weighted by Gasteiger charge is 2.29. The topological polar surface area (TPSA) is 86.2 Å². The van der Waals surface area contributed by atoms with Gasteiger partial charge in [-0.3, -0.25) is 0 Å². The number of fused-ring (bicyclic) bond motifs is 3. The summed E-state index contributed by atoms with van der Waals surface area (Å²) >= 11 is 0. The molecule has 6 nitrogen and oxygen atoms in total. The van der Waals surface area contributed by atoms with Crippen LogP contribution in [0.3, 0.4) is 0 Å². The number of ether oxygens (including phenoxy) is 1. The number of sulfone groups is 1. The molecule has 0 N–H and O–H groups in total. The molecule has 0 atom stereocenters. The molecule has 0 spiro atoms. The van der Waals surface area contributed by atoms with Gasteiger partial charge in [0, 0.05) is 12.4 Å². The molecule has 0 bridgehead atoms. The van der Waals surface area contributed by atoms with Crippen molar-refractivity contribution in [3.05, 3.63) is 71.5 Å². The summed E-state index contributed by atoms with van der Waals surface area (Å²) in [6, 6.07) is 13.1. The van der Waals surface area contributed by atoms with Gasteiger partial charge in [-0.15, -0.1) is 0 Å². The van der Waals surface area contributed by atoms with Gasteiger partial charge in [0.1, 0.15) is 0 Å². The van der Waals surface area contributed by atoms with Crippen LogP contribution in [-0.2, 0) is 21.0 Å². The molecule has 3 aromatic rings. The molecule has 1 aromatic heterocycles. The summed E-state index contributed by atoms with van der Waals surface area (Å²) in [4.78, 5) is 19.7. The number of esters is 1. The first kappa shape index (κ1) is 17.4. The van der Waals surface area contributed by atoms with Gasteiger partial charge in [0.15, 0.2) is 0 Å². The molecule has 0 amide bonds. The van der Waals surface area contributed by atoms with Gasteiger partial charge in [-0.05, 0) is 41.7 Å². The van der Waals surface area contributed by atoms with Gasteiger partial charge in [-0.1, -0.05) is 36.4 Å². The zero-order valence-corrected chi connectivity index (χ0v) is 15.4. The molecule has 0 saturated heterocycles. The molecular weight excluding hydrogens is 364 g/mol. The van der Waals surface area contributed by atoms with Crippen LogP contribution in [0.15, 0.2) is 64.9 Å². The maximum absolute atomic E-state index is 13.1. The number of benzene rings is 2. The van der Waals surface area contributed by atoms with Crippen molar-refractivity contribution in [3.63, 3.8) is 0 Å². The highest BCUT2D eigenvalue weighted by atomic mass is 32.2. The van der Waals surface area contributed by atoms with E-state index in [1.807, 2.05) is 30.3 Å². The number of hydrogen-bond acceptors (Lipinski definition) is 6. The molecule has 27 heavy (non-hydrogen) atoms. The quantitative estimate of drug-likeness (QED) is 0.399. The number of rotatable bonds is 4. The summed E-state index contributed by atoms with van der Waals surface area (Å²) in [5.74, 6) is -0.586. The zero-order valence-electron chi connectivity index (χ0n) is 14.5. The molecule has 0 radical (unpaired) electrons. The standard InChI is InChI=1S/C20H16N2O4S/c1-2-26-19(23)14-11-21-20(22-12-14)27(24,25)18-9-5-8-16-15-7-4-3-6-13(15)10-17(16)18/h3-9,11-12H,2,10H2,1H3. The fourth-order valence-corrected chi connectivity index (χ4v) is 4.60. The lowest BCUT2D eigenvalue weighted by molar-refractivity contribution is 0.0525. The van der Waals surface area contributed by atoms with Crippen molar-refractivity contribution in [2.45, 2.75) is 23.4 Å². The van der Waals surface area contributed by atoms with Crippen molar-refractivity contribution in [2.75, 3.05) is 6.61 Å². The first-order valence-electron chi connectivity index (χ1n) is 8.47. The first-order chi connectivity index (χ1) is 13.0. The van der Waals surface area contributed by atoms with Crippen molar-refractivity contribution in [1.29, 1.82) is 0 Å². The van der Waals surface area contributed by atoms with E-state index in [0.29, 0.717) is 6.42 Å². The molecule has 136 valence electrons. The van der Waals surface area contributed by atoms with Gasteiger partial charge in [0.25, 0.3) is 5.16 Å². The Balaban J connectivity index is 1.75. The molecule has 7 heteroatoms. The van der Waals surface area contributed by atoms with E-state index in [1.54, 1.807) is 19.1 Å². The average Bonchev–Trinajstić information content (AvgIpc) is 3.07. The van der Waals surface area contributed by atoms with E-state index in [9.17, 15) is 13.2 Å². The summed E-state index contributed by atoms with van der Waals surface area (Å²) in [6.45, 7) is 1.90. The molecule has 0 saturated carbocycles. The maximum atomic E-state index is 13.1. The fraction of sp³-hybridized carbons (Fsp3) is 0.150. The second-order valence-electron chi connectivity index (χ2n) is 6.09. The molecule has 0 fully saturated rings. The van der Waals surface area contributed by atoms with Crippen molar-refractivity contribution in [3.8, 4) is 11.1 Å². The third-order valence-electron chi connectivity index (χ3n) is 4.48. The van der Waals surface area contributed by atoms with Crippen molar-refractivity contribution < 1.29 is 17.9 Å². The molecule has 0 aliphatic heterocycles. The Kier molecular flexibility index (Phi) is 4.24. The van der Waals surface area contributed by atoms with Gasteiger partial charge in [0.05, 0.1) is 17.1 Å². The van der Waals surface area contributed by atoms with Crippen molar-refractivity contribution >= 4 is 15.8 Å². The Labute approximate surface area is 156 Å². The Hall–Kier alpha value is -3.06. The number of carbonyl (C=O) groups excluding carboxylic acids is 1. The lowest BCUT2D eigenvalue weighted by Gasteiger charge is -2.09. The molecule has 2 aromatic carbocycles. The number of aromatic nitrogens is 2. The Bertz CT molecular complexity index is 1140. The van der Waals surface area contributed by atoms with Crippen LogP contribution in [0.5, 0.6) is 0 Å². The number of carbonyl (C=O) groups is 1. The van der Waals surface area contributed by atoms with Gasteiger partial charge < -0.3 is 4.74 Å². The first-order valence-corrected chi connectivity index (χ1v) is 9.95. The van der Waals surface area contributed by atoms with Gasteiger partial charge in [-0.25, -0.2) is 23.2 Å². The average molecular weight is 380 g/mol. The minimum atomic E-state index is -3.91. The zero-order chi connectivity index (χ0) is 19.0. The van der Waals surface area contributed by atoms with Crippen LogP contribution in [0.25, 0.3) is 11.1 Å². The van der Waals surface area contributed by atoms with E-state index in [0.717, 1.165) is 22.3 Å². The van der Waals surface area contributed by atoms with Crippen LogP contribution < -0.4 is 0 Å². The summed E-state index contributed by atoms with van der Waals surface area (Å²) < 4.78 is 31.1. The normalized spacial score (nSPS) is 12.3. The minimum absolute atomic E-state index is 0.112. The molecule has 4 rings (SSSR count). The molecule has 1 aliphatic carbocycles. The van der Waals surface area contributed by atoms with Crippen LogP contribution >= 0.6 is 0 Å². The molecule has 1 aliphatic rings. The fourth-order valence-electron chi connectivity index (χ4n) is 3.25. The van der Waals surface area contributed by atoms with Crippen molar-refractivity contribution in [2.24, 2.45) is 0 Å². The second kappa shape index (κ2) is 6.59. The van der Waals surface area contributed by atoms with E-state index in [2.05, 4.69) is 9.97 Å². The van der Waals surface area contributed by atoms with Crippen LogP contribution in [0.2, 0.25) is 0 Å². The van der Waals surface area contributed by atoms with E-state index in [1.165, 1.54) is 12.4 Å². The monoisotopic (exact) mass is 380 g/mol. The SMILES string of the molecule is CCOC(=O)c1cnc(S(=O)(=O)c2cccc3c2Cc2ccccc2-3)nc1. The van der Waals surface area contributed by atoms with Gasteiger partial charge in [0.2, 0.25) is 9.84 Å². The van der Waals surface area contributed by atoms with Crippen LogP contribution in [0.4, 0.5) is 0 Å². The van der Waals surface area contributed by atoms with Gasteiger partial charge >= 0.3 is 5.97 Å². The Morgan fingerprint density at radius 1 is 1.04 bits per heavy atom. The van der Waals surface area contributed by atoms with Gasteiger partial charge in [-0.2, -0.15) is 0 Å². The lowest BCUT2D eigenvalue weighted by atomic mass is 10.1. The molecular formula is C20H16N2O4S. The van der Waals surface area contributed by atoms with Crippen molar-refractivity contribution in [1.82, 2.24) is 9.97 Å². The Morgan fingerprint density at radius 2 is 1.74 bits per heavy atom. The summed E-state index contributed by atoms with van der Waals surface area (Å²) in [7, 11) is -3.91. The largest absolute Gasteiger partial charge is 0.462 e. The van der Waals surface area contributed by atoms with Crippen LogP contribution in [0.1, 0.15) is 28.4 Å². The van der Waals surface area contributed by atoms with E-state index in [4.69, 9.17) is 4.74 Å². The van der Waals surface area contributed by atoms with E-state index < -0.39 is 15.8 Å². The second-order valence-corrected chi connectivity index (χ2v) is 7.91. The predicted octanol–water partition coefficient (Wildman–Crippen LogP) is 3.06. The number of hydrogen-bond donors (Lipinski definition) is 0. The van der Waals surface area contributed by atoms with E-state index in [-0.39, 0.29) is 22.2 Å². The Morgan fingerprint density at radius 3 is 2.48 bits per heavy atom. The smallest absolute Gasteiger partial charge is 0.341 e. The number of nitrogens with zero attached hydrogens (tertiary/aromatic N) is 2. The van der Waals surface area contributed by atoms with Crippen LogP contribution in [0, 0.1) is 0 Å².